The Bertz CT molecular complexity index is 686. The van der Waals surface area contributed by atoms with Crippen LogP contribution in [0.15, 0.2) is 24.3 Å². The van der Waals surface area contributed by atoms with Gasteiger partial charge in [-0.05, 0) is 43.7 Å². The number of hydrogen-bond acceptors (Lipinski definition) is 3. The van der Waals surface area contributed by atoms with Crippen LogP contribution in [0.3, 0.4) is 0 Å². The molecule has 2 N–H and O–H groups in total. The molecule has 2 fully saturated rings. The second kappa shape index (κ2) is 7.44. The lowest BCUT2D eigenvalue weighted by molar-refractivity contribution is 0.0720. The minimum Gasteiger partial charge on any atom is -0.376 e. The number of imidazole rings is 1. The molecule has 25 heavy (non-hydrogen) atoms. The molecule has 0 unspecified atom stereocenters. The van der Waals surface area contributed by atoms with Crippen molar-refractivity contribution >= 4 is 17.1 Å². The van der Waals surface area contributed by atoms with Crippen molar-refractivity contribution in [3.05, 3.63) is 30.1 Å². The highest BCUT2D eigenvalue weighted by molar-refractivity contribution is 5.76. The van der Waals surface area contributed by atoms with Gasteiger partial charge in [-0.3, -0.25) is 0 Å². The summed E-state index contributed by atoms with van der Waals surface area (Å²) >= 11 is 0. The highest BCUT2D eigenvalue weighted by atomic mass is 16.5. The highest BCUT2D eigenvalue weighted by Crippen LogP contribution is 2.27. The van der Waals surface area contributed by atoms with Crippen molar-refractivity contribution in [3.8, 4) is 0 Å². The van der Waals surface area contributed by atoms with Gasteiger partial charge < -0.3 is 19.9 Å². The molecule has 134 valence electrons. The smallest absolute Gasteiger partial charge is 0.317 e. The lowest BCUT2D eigenvalue weighted by Gasteiger charge is -2.33. The number of aromatic nitrogens is 2. The van der Waals surface area contributed by atoms with Crippen LogP contribution in [-0.4, -0.2) is 46.7 Å². The first-order chi connectivity index (χ1) is 12.3. The number of ether oxygens (including phenoxy) is 1. The number of benzene rings is 1. The lowest BCUT2D eigenvalue weighted by Crippen LogP contribution is -2.46. The van der Waals surface area contributed by atoms with E-state index >= 15 is 0 Å². The Kier molecular flexibility index (Phi) is 4.88. The number of rotatable bonds is 6. The molecule has 6 nitrogen and oxygen atoms in total. The fourth-order valence-corrected chi connectivity index (χ4v) is 3.62. The van der Waals surface area contributed by atoms with Gasteiger partial charge in [0.25, 0.3) is 0 Å². The molecule has 1 aromatic heterocycles. The van der Waals surface area contributed by atoms with Crippen molar-refractivity contribution < 1.29 is 9.53 Å². The number of nitrogens with zero attached hydrogens (tertiary/aromatic N) is 2. The van der Waals surface area contributed by atoms with Gasteiger partial charge in [0.2, 0.25) is 0 Å². The van der Waals surface area contributed by atoms with Gasteiger partial charge in [-0.15, -0.1) is 0 Å². The van der Waals surface area contributed by atoms with Crippen LogP contribution in [0.25, 0.3) is 11.0 Å². The van der Waals surface area contributed by atoms with Crippen LogP contribution >= 0.6 is 0 Å². The lowest BCUT2D eigenvalue weighted by atomic mass is 9.85. The van der Waals surface area contributed by atoms with Crippen LogP contribution in [0, 0.1) is 5.92 Å². The van der Waals surface area contributed by atoms with Crippen LogP contribution in [-0.2, 0) is 11.3 Å². The molecule has 1 atom stereocenters. The van der Waals surface area contributed by atoms with E-state index in [2.05, 4.69) is 15.3 Å². The number of carbonyl (C=O) groups is 1. The number of hydrogen-bond donors (Lipinski definition) is 2. The molecule has 4 rings (SSSR count). The minimum absolute atomic E-state index is 0.0112. The second-order valence-corrected chi connectivity index (χ2v) is 7.20. The molecule has 1 saturated heterocycles. The summed E-state index contributed by atoms with van der Waals surface area (Å²) in [6, 6.07) is 7.90. The number of carbonyl (C=O) groups excluding carboxylic acids is 1. The first kappa shape index (κ1) is 16.4. The standard InChI is InChI=1S/C19H26N4O2/c24-19(20-11-18-21-16-8-1-2-9-17(16)22-18)23(12-14-5-3-6-14)13-15-7-4-10-25-15/h1-2,8-9,14-15H,3-7,10-13H2,(H,20,24)(H,21,22)/t15-/m1/s1. The zero-order chi connectivity index (χ0) is 17.1. The summed E-state index contributed by atoms with van der Waals surface area (Å²) in [6.07, 6.45) is 6.11. The zero-order valence-corrected chi connectivity index (χ0v) is 14.5. The molecule has 2 heterocycles. The van der Waals surface area contributed by atoms with Gasteiger partial charge in [0.05, 0.1) is 23.7 Å². The van der Waals surface area contributed by atoms with E-state index in [1.165, 1.54) is 19.3 Å². The van der Waals surface area contributed by atoms with Gasteiger partial charge >= 0.3 is 6.03 Å². The largest absolute Gasteiger partial charge is 0.376 e. The Balaban J connectivity index is 1.36. The third kappa shape index (κ3) is 3.95. The Morgan fingerprint density at radius 1 is 1.24 bits per heavy atom. The molecule has 1 saturated carbocycles. The van der Waals surface area contributed by atoms with E-state index in [9.17, 15) is 4.79 Å². The van der Waals surface area contributed by atoms with Crippen molar-refractivity contribution in [1.82, 2.24) is 20.2 Å². The summed E-state index contributed by atoms with van der Waals surface area (Å²) in [4.78, 5) is 22.4. The number of urea groups is 1. The van der Waals surface area contributed by atoms with Crippen molar-refractivity contribution in [1.29, 1.82) is 0 Å². The minimum atomic E-state index is -0.0112. The molecular weight excluding hydrogens is 316 g/mol. The monoisotopic (exact) mass is 342 g/mol. The molecule has 0 bridgehead atoms. The second-order valence-electron chi connectivity index (χ2n) is 7.20. The molecule has 0 spiro atoms. The van der Waals surface area contributed by atoms with E-state index in [0.29, 0.717) is 19.0 Å². The maximum atomic E-state index is 12.7. The van der Waals surface area contributed by atoms with Gasteiger partial charge in [0.15, 0.2) is 0 Å². The number of fused-ring (bicyclic) bond motifs is 1. The van der Waals surface area contributed by atoms with Crippen LogP contribution in [0.4, 0.5) is 4.79 Å². The fourth-order valence-electron chi connectivity index (χ4n) is 3.62. The highest BCUT2D eigenvalue weighted by Gasteiger charge is 2.27. The Morgan fingerprint density at radius 3 is 2.84 bits per heavy atom. The van der Waals surface area contributed by atoms with E-state index in [4.69, 9.17) is 4.74 Å². The summed E-state index contributed by atoms with van der Waals surface area (Å²) in [6.45, 7) is 2.77. The van der Waals surface area contributed by atoms with Gasteiger partial charge in [-0.25, -0.2) is 9.78 Å². The van der Waals surface area contributed by atoms with Crippen LogP contribution in [0.2, 0.25) is 0 Å². The number of amides is 2. The van der Waals surface area contributed by atoms with Crippen LogP contribution in [0.5, 0.6) is 0 Å². The van der Waals surface area contributed by atoms with Crippen molar-refractivity contribution in [3.63, 3.8) is 0 Å². The molecule has 2 aliphatic rings. The average molecular weight is 342 g/mol. The van der Waals surface area contributed by atoms with Crippen LogP contribution in [0.1, 0.15) is 37.9 Å². The Morgan fingerprint density at radius 2 is 2.12 bits per heavy atom. The molecule has 0 radical (unpaired) electrons. The predicted octanol–water partition coefficient (Wildman–Crippen LogP) is 3.05. The van der Waals surface area contributed by atoms with E-state index in [0.717, 1.165) is 42.9 Å². The molecule has 2 amide bonds. The first-order valence-corrected chi connectivity index (χ1v) is 9.36. The van der Waals surface area contributed by atoms with Gasteiger partial charge in [-0.1, -0.05) is 18.6 Å². The van der Waals surface area contributed by atoms with Gasteiger partial charge in [0.1, 0.15) is 5.82 Å². The molecule has 1 aliphatic heterocycles. The van der Waals surface area contributed by atoms with E-state index in [1.807, 2.05) is 29.2 Å². The summed E-state index contributed by atoms with van der Waals surface area (Å²) in [5.41, 5.74) is 1.93. The molecular formula is C19H26N4O2. The number of nitrogens with one attached hydrogen (secondary N) is 2. The molecule has 1 aromatic carbocycles. The topological polar surface area (TPSA) is 70.2 Å². The Hall–Kier alpha value is -2.08. The maximum absolute atomic E-state index is 12.7. The van der Waals surface area contributed by atoms with Crippen molar-refractivity contribution in [2.45, 2.75) is 44.8 Å². The predicted molar refractivity (Wildman–Crippen MR) is 96.2 cm³/mol. The third-order valence-electron chi connectivity index (χ3n) is 5.28. The number of para-hydroxylation sites is 2. The van der Waals surface area contributed by atoms with Crippen molar-refractivity contribution in [2.24, 2.45) is 5.92 Å². The van der Waals surface area contributed by atoms with E-state index in [-0.39, 0.29) is 12.1 Å². The number of H-pyrrole nitrogens is 1. The van der Waals surface area contributed by atoms with E-state index < -0.39 is 0 Å². The van der Waals surface area contributed by atoms with Crippen LogP contribution < -0.4 is 5.32 Å². The fraction of sp³-hybridized carbons (Fsp3) is 0.579. The third-order valence-corrected chi connectivity index (χ3v) is 5.28. The first-order valence-electron chi connectivity index (χ1n) is 9.36. The van der Waals surface area contributed by atoms with E-state index in [1.54, 1.807) is 0 Å². The molecule has 6 heteroatoms. The quantitative estimate of drug-likeness (QED) is 0.848. The maximum Gasteiger partial charge on any atom is 0.317 e. The summed E-state index contributed by atoms with van der Waals surface area (Å²) < 4.78 is 5.73. The Labute approximate surface area is 147 Å². The van der Waals surface area contributed by atoms with Crippen molar-refractivity contribution in [2.75, 3.05) is 19.7 Å². The SMILES string of the molecule is O=C(NCc1nc2ccccc2[nH]1)N(CC1CCC1)C[C@H]1CCCO1. The number of aromatic amines is 1. The van der Waals surface area contributed by atoms with Gasteiger partial charge in [0, 0.05) is 19.7 Å². The molecule has 2 aromatic rings. The molecule has 1 aliphatic carbocycles. The summed E-state index contributed by atoms with van der Waals surface area (Å²) in [7, 11) is 0. The summed E-state index contributed by atoms with van der Waals surface area (Å²) in [5, 5.41) is 3.03. The normalized spacial score (nSPS) is 20.6. The summed E-state index contributed by atoms with van der Waals surface area (Å²) in [5.74, 6) is 1.44. The zero-order valence-electron chi connectivity index (χ0n) is 14.5. The average Bonchev–Trinajstić information content (AvgIpc) is 3.23. The van der Waals surface area contributed by atoms with Gasteiger partial charge in [-0.2, -0.15) is 0 Å².